The lowest BCUT2D eigenvalue weighted by atomic mass is 9.75. The minimum absolute atomic E-state index is 0.0229. The highest BCUT2D eigenvalue weighted by molar-refractivity contribution is 5.93. The van der Waals surface area contributed by atoms with Crippen LogP contribution < -0.4 is 5.32 Å². The molecule has 178 valence electrons. The first kappa shape index (κ1) is 22.6. The fourth-order valence-corrected chi connectivity index (χ4v) is 5.39. The molecule has 1 amide bonds. The normalized spacial score (nSPS) is 23.8. The molecular formula is C26H32N6O2. The van der Waals surface area contributed by atoms with Crippen molar-refractivity contribution in [3.63, 3.8) is 0 Å². The largest absolute Gasteiger partial charge is 0.508 e. The molecule has 34 heavy (non-hydrogen) atoms. The molecular weight excluding hydrogens is 428 g/mol. The summed E-state index contributed by atoms with van der Waals surface area (Å²) in [5.74, 6) is 0.547. The Labute approximate surface area is 200 Å². The van der Waals surface area contributed by atoms with Gasteiger partial charge in [0.15, 0.2) is 0 Å². The Morgan fingerprint density at radius 1 is 1.18 bits per heavy atom. The quantitative estimate of drug-likeness (QED) is 0.538. The number of amides is 1. The van der Waals surface area contributed by atoms with Crippen LogP contribution >= 0.6 is 0 Å². The molecule has 4 atom stereocenters. The summed E-state index contributed by atoms with van der Waals surface area (Å²) < 4.78 is 1.96. The smallest absolute Gasteiger partial charge is 0.229 e. The number of carbonyl (C=O) groups excluding carboxylic acids is 1. The number of rotatable bonds is 8. The van der Waals surface area contributed by atoms with Gasteiger partial charge in [0.1, 0.15) is 5.75 Å². The third kappa shape index (κ3) is 5.29. The van der Waals surface area contributed by atoms with E-state index in [2.05, 4.69) is 62.9 Å². The SMILES string of the molecule is CN(Cc1ccccc1)Cc1cn(C[C@H]2C[C@@H]3CCN2C[C@@H]3C(=O)Nc2cccc(O)c2)nn1. The number of fused-ring (bicyclic) bond motifs is 3. The lowest BCUT2D eigenvalue weighted by molar-refractivity contribution is -0.127. The van der Waals surface area contributed by atoms with E-state index in [4.69, 9.17) is 0 Å². The summed E-state index contributed by atoms with van der Waals surface area (Å²) in [4.78, 5) is 17.6. The number of phenols is 1. The number of hydrogen-bond acceptors (Lipinski definition) is 6. The average molecular weight is 461 g/mol. The van der Waals surface area contributed by atoms with Crippen molar-refractivity contribution >= 4 is 11.6 Å². The summed E-state index contributed by atoms with van der Waals surface area (Å²) in [5.41, 5.74) is 2.90. The number of carbonyl (C=O) groups is 1. The lowest BCUT2D eigenvalue weighted by Gasteiger charge is -2.49. The maximum Gasteiger partial charge on any atom is 0.229 e. The van der Waals surface area contributed by atoms with E-state index in [-0.39, 0.29) is 17.6 Å². The molecule has 3 fully saturated rings. The zero-order valence-corrected chi connectivity index (χ0v) is 19.5. The number of nitrogens with one attached hydrogen (secondary N) is 1. The van der Waals surface area contributed by atoms with Crippen molar-refractivity contribution in [2.75, 3.05) is 25.5 Å². The molecule has 8 nitrogen and oxygen atoms in total. The van der Waals surface area contributed by atoms with Crippen LogP contribution in [0.5, 0.6) is 5.75 Å². The van der Waals surface area contributed by atoms with Gasteiger partial charge in [-0.2, -0.15) is 0 Å². The molecule has 3 aliphatic rings. The van der Waals surface area contributed by atoms with Crippen LogP contribution in [-0.4, -0.2) is 62.0 Å². The molecule has 3 saturated heterocycles. The molecule has 3 aromatic rings. The Morgan fingerprint density at radius 2 is 2.03 bits per heavy atom. The van der Waals surface area contributed by atoms with Crippen molar-refractivity contribution in [2.24, 2.45) is 11.8 Å². The third-order valence-electron chi connectivity index (χ3n) is 7.04. The maximum absolute atomic E-state index is 12.9. The third-order valence-corrected chi connectivity index (χ3v) is 7.04. The number of aromatic nitrogens is 3. The molecule has 2 aromatic carbocycles. The van der Waals surface area contributed by atoms with Gasteiger partial charge in [-0.3, -0.25) is 19.3 Å². The highest BCUT2D eigenvalue weighted by atomic mass is 16.3. The maximum atomic E-state index is 12.9. The molecule has 8 heteroatoms. The Hall–Kier alpha value is -3.23. The van der Waals surface area contributed by atoms with Crippen LogP contribution in [0.25, 0.3) is 0 Å². The first-order valence-corrected chi connectivity index (χ1v) is 12.0. The average Bonchev–Trinajstić information content (AvgIpc) is 3.26. The van der Waals surface area contributed by atoms with Gasteiger partial charge < -0.3 is 10.4 Å². The van der Waals surface area contributed by atoms with Gasteiger partial charge in [-0.1, -0.05) is 41.6 Å². The van der Waals surface area contributed by atoms with E-state index in [0.717, 1.165) is 51.3 Å². The van der Waals surface area contributed by atoms with Crippen LogP contribution in [0, 0.1) is 11.8 Å². The standard InChI is InChI=1S/C26H32N6O2/c1-30(14-19-6-3-2-4-7-19)15-22-16-32(29-28-22)17-23-12-20-10-11-31(23)18-25(20)26(34)27-21-8-5-9-24(33)13-21/h2-9,13,16,20,23,25,33H,10-12,14-15,17-18H2,1H3,(H,27,34)/t20-,23+,25-/m0/s1. The monoisotopic (exact) mass is 460 g/mol. The van der Waals surface area contributed by atoms with Crippen molar-refractivity contribution in [3.8, 4) is 5.75 Å². The fourth-order valence-electron chi connectivity index (χ4n) is 5.39. The highest BCUT2D eigenvalue weighted by Gasteiger charge is 2.43. The van der Waals surface area contributed by atoms with Crippen molar-refractivity contribution in [1.82, 2.24) is 24.8 Å². The second-order valence-corrected chi connectivity index (χ2v) is 9.67. The first-order valence-electron chi connectivity index (χ1n) is 12.0. The lowest BCUT2D eigenvalue weighted by Crippen LogP contribution is -2.57. The minimum Gasteiger partial charge on any atom is -0.508 e. The molecule has 1 unspecified atom stereocenters. The number of piperidine rings is 3. The number of hydrogen-bond donors (Lipinski definition) is 2. The predicted molar refractivity (Wildman–Crippen MR) is 130 cm³/mol. The Balaban J connectivity index is 1.14. The summed E-state index contributed by atoms with van der Waals surface area (Å²) in [5, 5.41) is 21.4. The molecule has 0 spiro atoms. The molecule has 1 aromatic heterocycles. The molecule has 6 rings (SSSR count). The molecule has 4 heterocycles. The van der Waals surface area contributed by atoms with E-state index in [0.29, 0.717) is 17.6 Å². The van der Waals surface area contributed by atoms with Crippen molar-refractivity contribution in [2.45, 2.75) is 38.5 Å². The van der Waals surface area contributed by atoms with E-state index in [9.17, 15) is 9.90 Å². The highest BCUT2D eigenvalue weighted by Crippen LogP contribution is 2.37. The molecule has 2 N–H and O–H groups in total. The van der Waals surface area contributed by atoms with Crippen molar-refractivity contribution in [3.05, 3.63) is 72.1 Å². The van der Waals surface area contributed by atoms with Crippen LogP contribution in [0.1, 0.15) is 24.1 Å². The summed E-state index contributed by atoms with van der Waals surface area (Å²) >= 11 is 0. The Bertz CT molecular complexity index is 1120. The summed E-state index contributed by atoms with van der Waals surface area (Å²) in [6, 6.07) is 17.5. The summed E-state index contributed by atoms with van der Waals surface area (Å²) in [6.07, 6.45) is 4.08. The van der Waals surface area contributed by atoms with E-state index in [1.54, 1.807) is 24.3 Å². The molecule has 2 bridgehead atoms. The predicted octanol–water partition coefficient (Wildman–Crippen LogP) is 2.96. The first-order chi connectivity index (χ1) is 16.5. The van der Waals surface area contributed by atoms with Crippen LogP contribution in [0.4, 0.5) is 5.69 Å². The van der Waals surface area contributed by atoms with Gasteiger partial charge in [0, 0.05) is 43.6 Å². The van der Waals surface area contributed by atoms with E-state index >= 15 is 0 Å². The van der Waals surface area contributed by atoms with Crippen LogP contribution in [0.2, 0.25) is 0 Å². The summed E-state index contributed by atoms with van der Waals surface area (Å²) in [6.45, 7) is 4.21. The van der Waals surface area contributed by atoms with Gasteiger partial charge in [0.2, 0.25) is 5.91 Å². The number of nitrogens with zero attached hydrogens (tertiary/aromatic N) is 5. The Kier molecular flexibility index (Phi) is 6.60. The van der Waals surface area contributed by atoms with E-state index < -0.39 is 0 Å². The van der Waals surface area contributed by atoms with E-state index in [1.165, 1.54) is 5.56 Å². The van der Waals surface area contributed by atoms with Gasteiger partial charge in [0.25, 0.3) is 0 Å². The number of phenolic OH excluding ortho intramolecular Hbond substituents is 1. The Morgan fingerprint density at radius 3 is 2.79 bits per heavy atom. The van der Waals surface area contributed by atoms with Gasteiger partial charge >= 0.3 is 0 Å². The zero-order valence-electron chi connectivity index (χ0n) is 19.5. The summed E-state index contributed by atoms with van der Waals surface area (Å²) in [7, 11) is 2.10. The van der Waals surface area contributed by atoms with E-state index in [1.807, 2.05) is 10.7 Å². The molecule has 3 aliphatic heterocycles. The van der Waals surface area contributed by atoms with Gasteiger partial charge in [0.05, 0.1) is 18.2 Å². The van der Waals surface area contributed by atoms with Gasteiger partial charge in [-0.15, -0.1) is 5.10 Å². The van der Waals surface area contributed by atoms with Crippen LogP contribution in [-0.2, 0) is 24.4 Å². The second-order valence-electron chi connectivity index (χ2n) is 9.67. The van der Waals surface area contributed by atoms with Crippen molar-refractivity contribution < 1.29 is 9.90 Å². The fraction of sp³-hybridized carbons (Fsp3) is 0.423. The number of benzene rings is 2. The minimum atomic E-state index is -0.0229. The molecule has 0 aliphatic carbocycles. The van der Waals surface area contributed by atoms with Gasteiger partial charge in [-0.05, 0) is 50.0 Å². The van der Waals surface area contributed by atoms with Crippen molar-refractivity contribution in [1.29, 1.82) is 0 Å². The topological polar surface area (TPSA) is 86.5 Å². The number of anilines is 1. The second kappa shape index (κ2) is 9.95. The molecule has 0 saturated carbocycles. The van der Waals surface area contributed by atoms with Gasteiger partial charge in [-0.25, -0.2) is 0 Å². The van der Waals surface area contributed by atoms with Crippen LogP contribution in [0.3, 0.4) is 0 Å². The van der Waals surface area contributed by atoms with Crippen LogP contribution in [0.15, 0.2) is 60.8 Å². The number of aromatic hydroxyl groups is 1. The molecule has 0 radical (unpaired) electrons. The zero-order chi connectivity index (χ0) is 23.5.